The van der Waals surface area contributed by atoms with Gasteiger partial charge in [-0.25, -0.2) is 13.9 Å². The summed E-state index contributed by atoms with van der Waals surface area (Å²) in [6.45, 7) is 0.182. The molecule has 0 amide bonds. The fourth-order valence-corrected chi connectivity index (χ4v) is 2.29. The maximum Gasteiger partial charge on any atom is 0.299 e. The van der Waals surface area contributed by atoms with Gasteiger partial charge in [0.2, 0.25) is 10.6 Å². The van der Waals surface area contributed by atoms with Crippen molar-refractivity contribution in [2.75, 3.05) is 0 Å². The Kier molecular flexibility index (Phi) is 5.25. The summed E-state index contributed by atoms with van der Waals surface area (Å²) in [6.07, 6.45) is -1.54. The average molecular weight is 385 g/mol. The zero-order valence-electron chi connectivity index (χ0n) is 12.5. The smallest absolute Gasteiger partial charge is 0.299 e. The van der Waals surface area contributed by atoms with Crippen molar-refractivity contribution in [3.63, 3.8) is 0 Å². The number of nitrogens with one attached hydrogen (secondary N) is 1. The highest BCUT2D eigenvalue weighted by atomic mass is 35.5. The molecule has 0 saturated carbocycles. The van der Waals surface area contributed by atoms with Crippen LogP contribution < -0.4 is 4.74 Å². The normalized spacial score (nSPS) is 11.5. The van der Waals surface area contributed by atoms with E-state index in [1.54, 1.807) is 36.4 Å². The van der Waals surface area contributed by atoms with E-state index in [-0.39, 0.29) is 11.4 Å². The summed E-state index contributed by atoms with van der Waals surface area (Å²) in [5, 5.41) is 10.1. The molecule has 0 radical (unpaired) electrons. The first-order chi connectivity index (χ1) is 12.0. The Morgan fingerprint density at radius 2 is 2.24 bits per heavy atom. The Hall–Kier alpha value is -2.52. The van der Waals surface area contributed by atoms with Crippen molar-refractivity contribution in [2.45, 2.75) is 13.0 Å². The molecule has 0 saturated heterocycles. The number of hydrogen-bond donors (Lipinski definition) is 1. The minimum atomic E-state index is -2.80. The van der Waals surface area contributed by atoms with Crippen molar-refractivity contribution in [3.05, 3.63) is 63.5 Å². The fraction of sp³-hybridized carbons (Fsp3) is 0.133. The van der Waals surface area contributed by atoms with Crippen LogP contribution in [0.4, 0.5) is 8.78 Å². The Labute approximate surface area is 150 Å². The van der Waals surface area contributed by atoms with Gasteiger partial charge in [0, 0.05) is 5.02 Å². The standard InChI is InChI=1S/C15H11ClF2N4O2S/c16-9-2-1-3-10(6-9)23-8-12-5-4-11(24-12)7-19-22-14(13(17)18)20-21-15(22)25/h1-7,13H,8H2,(H,21,25)/b19-7+. The first-order valence-electron chi connectivity index (χ1n) is 7.00. The third kappa shape index (κ3) is 4.31. The Bertz CT molecular complexity index is 951. The maximum atomic E-state index is 12.8. The number of rotatable bonds is 6. The van der Waals surface area contributed by atoms with Crippen molar-refractivity contribution in [3.8, 4) is 5.75 Å². The second kappa shape index (κ2) is 7.58. The van der Waals surface area contributed by atoms with Crippen molar-refractivity contribution in [2.24, 2.45) is 5.10 Å². The zero-order valence-corrected chi connectivity index (χ0v) is 14.1. The molecule has 0 bridgehead atoms. The second-order valence-electron chi connectivity index (χ2n) is 4.79. The number of halogens is 3. The minimum absolute atomic E-state index is 0.0392. The van der Waals surface area contributed by atoms with Gasteiger partial charge in [0.15, 0.2) is 0 Å². The van der Waals surface area contributed by atoms with Crippen LogP contribution in [0.2, 0.25) is 5.02 Å². The van der Waals surface area contributed by atoms with Gasteiger partial charge in [-0.05, 0) is 42.5 Å². The van der Waals surface area contributed by atoms with Crippen molar-refractivity contribution in [1.29, 1.82) is 0 Å². The maximum absolute atomic E-state index is 12.8. The van der Waals surface area contributed by atoms with Gasteiger partial charge in [0.05, 0.1) is 6.21 Å². The largest absolute Gasteiger partial charge is 0.486 e. The highest BCUT2D eigenvalue weighted by Crippen LogP contribution is 2.19. The molecule has 0 spiro atoms. The molecule has 6 nitrogen and oxygen atoms in total. The van der Waals surface area contributed by atoms with Gasteiger partial charge in [-0.2, -0.15) is 14.9 Å². The lowest BCUT2D eigenvalue weighted by molar-refractivity contribution is 0.136. The lowest BCUT2D eigenvalue weighted by Crippen LogP contribution is -1.99. The first-order valence-corrected chi connectivity index (χ1v) is 7.78. The highest BCUT2D eigenvalue weighted by molar-refractivity contribution is 7.71. The lowest BCUT2D eigenvalue weighted by Gasteiger charge is -2.03. The number of ether oxygens (including phenoxy) is 1. The molecule has 10 heteroatoms. The molecule has 0 aliphatic rings. The number of alkyl halides is 2. The van der Waals surface area contributed by atoms with Crippen molar-refractivity contribution < 1.29 is 17.9 Å². The fourth-order valence-electron chi connectivity index (χ4n) is 1.92. The molecule has 130 valence electrons. The third-order valence-corrected chi connectivity index (χ3v) is 3.53. The molecule has 0 aliphatic heterocycles. The number of nitrogens with zero attached hydrogens (tertiary/aromatic N) is 3. The quantitative estimate of drug-likeness (QED) is 0.498. The predicted octanol–water partition coefficient (Wildman–Crippen LogP) is 4.59. The number of aromatic amines is 1. The Morgan fingerprint density at radius 1 is 1.40 bits per heavy atom. The van der Waals surface area contributed by atoms with Crippen LogP contribution in [-0.2, 0) is 6.61 Å². The van der Waals surface area contributed by atoms with Crippen LogP contribution in [0.25, 0.3) is 0 Å². The summed E-state index contributed by atoms with van der Waals surface area (Å²) < 4.78 is 37.4. The van der Waals surface area contributed by atoms with Crippen molar-refractivity contribution >= 4 is 30.0 Å². The first kappa shape index (κ1) is 17.3. The summed E-state index contributed by atoms with van der Waals surface area (Å²) >= 11 is 10.7. The monoisotopic (exact) mass is 384 g/mol. The molecule has 2 aromatic heterocycles. The number of H-pyrrole nitrogens is 1. The topological polar surface area (TPSA) is 68.3 Å². The van der Waals surface area contributed by atoms with E-state index >= 15 is 0 Å². The van der Waals surface area contributed by atoms with Gasteiger partial charge >= 0.3 is 0 Å². The molecule has 3 aromatic rings. The van der Waals surface area contributed by atoms with E-state index in [0.29, 0.717) is 22.3 Å². The van der Waals surface area contributed by atoms with E-state index in [9.17, 15) is 8.78 Å². The molecule has 0 fully saturated rings. The Balaban J connectivity index is 1.68. The summed E-state index contributed by atoms with van der Waals surface area (Å²) in [6, 6.07) is 10.3. The van der Waals surface area contributed by atoms with Gasteiger partial charge in [0.1, 0.15) is 23.9 Å². The van der Waals surface area contributed by atoms with Crippen LogP contribution in [-0.4, -0.2) is 21.1 Å². The summed E-state index contributed by atoms with van der Waals surface area (Å²) in [7, 11) is 0. The molecule has 0 aliphatic carbocycles. The molecule has 3 rings (SSSR count). The molecule has 2 heterocycles. The average Bonchev–Trinajstić information content (AvgIpc) is 3.17. The molecule has 0 unspecified atom stereocenters. The summed E-state index contributed by atoms with van der Waals surface area (Å²) in [5.74, 6) is 0.919. The van der Waals surface area contributed by atoms with Crippen LogP contribution in [0, 0.1) is 4.77 Å². The SMILES string of the molecule is FC(F)c1n[nH]c(=S)n1/N=C/c1ccc(COc2cccc(Cl)c2)o1. The molecule has 25 heavy (non-hydrogen) atoms. The van der Waals surface area contributed by atoms with Crippen LogP contribution in [0.15, 0.2) is 45.9 Å². The van der Waals surface area contributed by atoms with Gasteiger partial charge in [-0.3, -0.25) is 0 Å². The molecule has 0 atom stereocenters. The minimum Gasteiger partial charge on any atom is -0.486 e. The molecule has 1 aromatic carbocycles. The number of benzene rings is 1. The van der Waals surface area contributed by atoms with Gasteiger partial charge < -0.3 is 9.15 Å². The van der Waals surface area contributed by atoms with Crippen LogP contribution in [0.1, 0.15) is 23.8 Å². The lowest BCUT2D eigenvalue weighted by atomic mass is 10.3. The van der Waals surface area contributed by atoms with Crippen LogP contribution >= 0.6 is 23.8 Å². The number of aromatic nitrogens is 3. The highest BCUT2D eigenvalue weighted by Gasteiger charge is 2.16. The molecule has 1 N–H and O–H groups in total. The van der Waals surface area contributed by atoms with Gasteiger partial charge in [0.25, 0.3) is 6.43 Å². The van der Waals surface area contributed by atoms with E-state index < -0.39 is 12.2 Å². The van der Waals surface area contributed by atoms with E-state index in [2.05, 4.69) is 15.3 Å². The van der Waals surface area contributed by atoms with Gasteiger partial charge in [-0.15, -0.1) is 0 Å². The predicted molar refractivity (Wildman–Crippen MR) is 89.9 cm³/mol. The molecular weight excluding hydrogens is 374 g/mol. The second-order valence-corrected chi connectivity index (χ2v) is 5.62. The van der Waals surface area contributed by atoms with E-state index in [4.69, 9.17) is 33.0 Å². The number of furan rings is 1. The van der Waals surface area contributed by atoms with E-state index in [1.165, 1.54) is 6.21 Å². The van der Waals surface area contributed by atoms with Crippen molar-refractivity contribution in [1.82, 2.24) is 14.9 Å². The van der Waals surface area contributed by atoms with Crippen LogP contribution in [0.5, 0.6) is 5.75 Å². The van der Waals surface area contributed by atoms with Gasteiger partial charge in [-0.1, -0.05) is 17.7 Å². The van der Waals surface area contributed by atoms with E-state index in [1.807, 2.05) is 0 Å². The van der Waals surface area contributed by atoms with E-state index in [0.717, 1.165) is 4.68 Å². The summed E-state index contributed by atoms with van der Waals surface area (Å²) in [5.41, 5.74) is 0. The Morgan fingerprint density at radius 3 is 3.00 bits per heavy atom. The zero-order chi connectivity index (χ0) is 17.8. The third-order valence-electron chi connectivity index (χ3n) is 3.03. The summed E-state index contributed by atoms with van der Waals surface area (Å²) in [4.78, 5) is 0. The number of hydrogen-bond acceptors (Lipinski definition) is 5. The molecular formula is C15H11ClF2N4O2S. The van der Waals surface area contributed by atoms with Crippen LogP contribution in [0.3, 0.4) is 0 Å².